The third-order valence-electron chi connectivity index (χ3n) is 6.17. The molecule has 1 saturated heterocycles. The van der Waals surface area contributed by atoms with Gasteiger partial charge in [-0.3, -0.25) is 4.79 Å². The number of carbonyl (C=O) groups is 1. The van der Waals surface area contributed by atoms with Crippen molar-refractivity contribution in [2.24, 2.45) is 5.92 Å². The zero-order chi connectivity index (χ0) is 21.7. The second-order valence-corrected chi connectivity index (χ2v) is 8.19. The molecule has 1 aliphatic heterocycles. The molecule has 2 aromatic carbocycles. The van der Waals surface area contributed by atoms with Crippen LogP contribution >= 0.6 is 0 Å². The van der Waals surface area contributed by atoms with Crippen LogP contribution in [0.3, 0.4) is 0 Å². The molecule has 162 valence electrons. The molecule has 2 aromatic rings. The molecule has 1 fully saturated rings. The summed E-state index contributed by atoms with van der Waals surface area (Å²) in [6, 6.07) is 16.7. The third-order valence-corrected chi connectivity index (χ3v) is 6.17. The van der Waals surface area contributed by atoms with Crippen LogP contribution in [0, 0.1) is 5.92 Å². The van der Waals surface area contributed by atoms with Gasteiger partial charge in [-0.2, -0.15) is 0 Å². The van der Waals surface area contributed by atoms with Crippen LogP contribution in [0.15, 0.2) is 48.5 Å². The molecular weight excluding hydrogens is 374 g/mol. The van der Waals surface area contributed by atoms with E-state index in [1.807, 2.05) is 43.0 Å². The molecule has 0 unspecified atom stereocenters. The molecule has 0 saturated carbocycles. The van der Waals surface area contributed by atoms with Gasteiger partial charge in [-0.15, -0.1) is 0 Å². The zero-order valence-corrected chi connectivity index (χ0v) is 19.0. The van der Waals surface area contributed by atoms with Gasteiger partial charge in [-0.05, 0) is 76.2 Å². The van der Waals surface area contributed by atoms with Crippen molar-refractivity contribution in [1.82, 2.24) is 9.80 Å². The van der Waals surface area contributed by atoms with Crippen LogP contribution in [-0.4, -0.2) is 62.1 Å². The Balaban J connectivity index is 1.96. The molecule has 1 aliphatic rings. The first-order valence-corrected chi connectivity index (χ1v) is 11.0. The smallest absolute Gasteiger partial charge is 0.253 e. The van der Waals surface area contributed by atoms with E-state index >= 15 is 0 Å². The number of ether oxygens (including phenoxy) is 1. The second-order valence-electron chi connectivity index (χ2n) is 8.19. The minimum absolute atomic E-state index is 0.0899. The van der Waals surface area contributed by atoms with Gasteiger partial charge in [0.05, 0.1) is 7.11 Å². The zero-order valence-electron chi connectivity index (χ0n) is 19.0. The monoisotopic (exact) mass is 409 g/mol. The quantitative estimate of drug-likeness (QED) is 0.667. The minimum Gasteiger partial charge on any atom is -0.497 e. The Hall–Kier alpha value is -2.53. The summed E-state index contributed by atoms with van der Waals surface area (Å²) < 4.78 is 5.49. The maximum Gasteiger partial charge on any atom is 0.253 e. The maximum atomic E-state index is 12.7. The number of methoxy groups -OCH3 is 1. The van der Waals surface area contributed by atoms with E-state index in [1.54, 1.807) is 7.11 Å². The van der Waals surface area contributed by atoms with Gasteiger partial charge in [0.25, 0.3) is 5.91 Å². The Kier molecular flexibility index (Phi) is 7.38. The first-order chi connectivity index (χ1) is 14.5. The fourth-order valence-electron chi connectivity index (χ4n) is 4.48. The average Bonchev–Trinajstić information content (AvgIpc) is 2.77. The number of carbonyl (C=O) groups excluding carboxylic acids is 1. The number of likely N-dealkylation sites (tertiary alicyclic amines) is 1. The van der Waals surface area contributed by atoms with Crippen LogP contribution in [0.25, 0.3) is 0 Å². The molecule has 2 atom stereocenters. The number of hydrogen-bond acceptors (Lipinski definition) is 4. The molecule has 5 heteroatoms. The highest BCUT2D eigenvalue weighted by molar-refractivity contribution is 5.94. The van der Waals surface area contributed by atoms with Crippen molar-refractivity contribution in [2.45, 2.75) is 33.2 Å². The molecule has 0 aromatic heterocycles. The molecule has 1 heterocycles. The summed E-state index contributed by atoms with van der Waals surface area (Å²) in [4.78, 5) is 19.4. The lowest BCUT2D eigenvalue weighted by Crippen LogP contribution is -2.47. The van der Waals surface area contributed by atoms with E-state index in [4.69, 9.17) is 4.74 Å². The first-order valence-electron chi connectivity index (χ1n) is 11.0. The lowest BCUT2D eigenvalue weighted by molar-refractivity contribution is 0.0773. The van der Waals surface area contributed by atoms with Gasteiger partial charge in [0, 0.05) is 48.7 Å². The molecule has 3 rings (SSSR count). The number of amides is 1. The van der Waals surface area contributed by atoms with E-state index in [2.05, 4.69) is 48.0 Å². The van der Waals surface area contributed by atoms with Crippen molar-refractivity contribution in [1.29, 1.82) is 0 Å². The van der Waals surface area contributed by atoms with Gasteiger partial charge in [0.15, 0.2) is 0 Å². The number of hydrogen-bond donors (Lipinski definition) is 0. The Morgan fingerprint density at radius 3 is 2.40 bits per heavy atom. The minimum atomic E-state index is 0.0899. The van der Waals surface area contributed by atoms with E-state index in [0.717, 1.165) is 55.3 Å². The van der Waals surface area contributed by atoms with E-state index < -0.39 is 0 Å². The van der Waals surface area contributed by atoms with Gasteiger partial charge >= 0.3 is 0 Å². The predicted molar refractivity (Wildman–Crippen MR) is 124 cm³/mol. The summed E-state index contributed by atoms with van der Waals surface area (Å²) in [5, 5.41) is 0. The standard InChI is InChI=1S/C25H35N3O2/c1-6-27(7-2)25(29)20-11-13-21(14-12-20)28(22-9-8-10-23(17-22)30-5)24-15-16-26(4)18-19(24)3/h8-14,17,19,24H,6-7,15-16,18H2,1-5H3/t19-,24+/m1/s1. The normalized spacial score (nSPS) is 19.4. The fourth-order valence-corrected chi connectivity index (χ4v) is 4.48. The fraction of sp³-hybridized carbons (Fsp3) is 0.480. The summed E-state index contributed by atoms with van der Waals surface area (Å²) in [6.07, 6.45) is 1.09. The van der Waals surface area contributed by atoms with E-state index in [0.29, 0.717) is 12.0 Å². The molecule has 0 radical (unpaired) electrons. The molecule has 0 aliphatic carbocycles. The molecular formula is C25H35N3O2. The Morgan fingerprint density at radius 2 is 1.80 bits per heavy atom. The first kappa shape index (κ1) is 22.2. The number of benzene rings is 2. The van der Waals surface area contributed by atoms with Crippen LogP contribution in [0.5, 0.6) is 5.75 Å². The van der Waals surface area contributed by atoms with Gasteiger partial charge in [-0.25, -0.2) is 0 Å². The number of nitrogens with zero attached hydrogens (tertiary/aromatic N) is 3. The van der Waals surface area contributed by atoms with Crippen LogP contribution in [0.1, 0.15) is 37.6 Å². The van der Waals surface area contributed by atoms with E-state index in [9.17, 15) is 4.79 Å². The highest BCUT2D eigenvalue weighted by Crippen LogP contribution is 2.35. The van der Waals surface area contributed by atoms with Crippen molar-refractivity contribution >= 4 is 17.3 Å². The lowest BCUT2D eigenvalue weighted by atomic mass is 9.91. The summed E-state index contributed by atoms with van der Waals surface area (Å²) >= 11 is 0. The Morgan fingerprint density at radius 1 is 1.10 bits per heavy atom. The van der Waals surface area contributed by atoms with E-state index in [1.165, 1.54) is 0 Å². The van der Waals surface area contributed by atoms with Gasteiger partial charge in [-0.1, -0.05) is 13.0 Å². The summed E-state index contributed by atoms with van der Waals surface area (Å²) in [7, 11) is 3.89. The van der Waals surface area contributed by atoms with Crippen LogP contribution < -0.4 is 9.64 Å². The molecule has 0 N–H and O–H groups in total. The average molecular weight is 410 g/mol. The van der Waals surface area contributed by atoms with Crippen LogP contribution in [0.2, 0.25) is 0 Å². The predicted octanol–water partition coefficient (Wildman–Crippen LogP) is 4.66. The number of rotatable bonds is 7. The number of anilines is 2. The summed E-state index contributed by atoms with van der Waals surface area (Å²) in [5.74, 6) is 1.46. The van der Waals surface area contributed by atoms with Crippen molar-refractivity contribution in [3.63, 3.8) is 0 Å². The van der Waals surface area contributed by atoms with Crippen molar-refractivity contribution in [3.05, 3.63) is 54.1 Å². The topological polar surface area (TPSA) is 36.0 Å². The molecule has 0 spiro atoms. The van der Waals surface area contributed by atoms with Crippen LogP contribution in [-0.2, 0) is 0 Å². The lowest BCUT2D eigenvalue weighted by Gasteiger charge is -2.43. The summed E-state index contributed by atoms with van der Waals surface area (Å²) in [6.45, 7) is 9.95. The molecule has 1 amide bonds. The van der Waals surface area contributed by atoms with Crippen molar-refractivity contribution in [2.75, 3.05) is 45.2 Å². The van der Waals surface area contributed by atoms with Crippen molar-refractivity contribution < 1.29 is 9.53 Å². The molecule has 0 bridgehead atoms. The SMILES string of the molecule is CCN(CC)C(=O)c1ccc(N(c2cccc(OC)c2)[C@H]2CCN(C)C[C@H]2C)cc1. The largest absolute Gasteiger partial charge is 0.497 e. The van der Waals surface area contributed by atoms with E-state index in [-0.39, 0.29) is 5.91 Å². The van der Waals surface area contributed by atoms with Gasteiger partial charge in [0.2, 0.25) is 0 Å². The third kappa shape index (κ3) is 4.78. The molecule has 30 heavy (non-hydrogen) atoms. The van der Waals surface area contributed by atoms with Gasteiger partial charge < -0.3 is 19.4 Å². The van der Waals surface area contributed by atoms with Crippen molar-refractivity contribution in [3.8, 4) is 5.75 Å². The highest BCUT2D eigenvalue weighted by atomic mass is 16.5. The Labute approximate surface area is 181 Å². The second kappa shape index (κ2) is 9.98. The van der Waals surface area contributed by atoms with Gasteiger partial charge in [0.1, 0.15) is 5.75 Å². The van der Waals surface area contributed by atoms with Crippen LogP contribution in [0.4, 0.5) is 11.4 Å². The Bertz CT molecular complexity index is 833. The summed E-state index contributed by atoms with van der Waals surface area (Å²) in [5.41, 5.74) is 2.98. The number of piperidine rings is 1. The maximum absolute atomic E-state index is 12.7. The molecule has 5 nitrogen and oxygen atoms in total. The highest BCUT2D eigenvalue weighted by Gasteiger charge is 2.31.